The zero-order valence-electron chi connectivity index (χ0n) is 52.4. The van der Waals surface area contributed by atoms with E-state index in [9.17, 15) is 28.8 Å². The molecule has 0 atom stereocenters. The lowest BCUT2D eigenvalue weighted by Crippen LogP contribution is -2.32. The molecular weight excluding hydrogens is 1300 g/mol. The van der Waals surface area contributed by atoms with Crippen molar-refractivity contribution in [3.05, 3.63) is 282 Å². The highest BCUT2D eigenvalue weighted by Gasteiger charge is 2.23. The Bertz CT molecular complexity index is 4340. The number of aromatic nitrogens is 3. The van der Waals surface area contributed by atoms with Crippen LogP contribution in [0, 0.1) is 0 Å². The Morgan fingerprint density at radius 3 is 1.14 bits per heavy atom. The van der Waals surface area contributed by atoms with Crippen LogP contribution in [0.1, 0.15) is 109 Å². The first-order chi connectivity index (χ1) is 46.1. The number of anilines is 3. The number of amidine groups is 3. The van der Waals surface area contributed by atoms with Crippen LogP contribution in [-0.2, 0) is 19.3 Å². The van der Waals surface area contributed by atoms with E-state index in [1.807, 2.05) is 111 Å². The number of Topliss-reactive ketones (excluding diaryl/α,β-unsaturated/α-hetero) is 3. The van der Waals surface area contributed by atoms with Gasteiger partial charge in [0.1, 0.15) is 35.0 Å². The molecule has 0 spiro atoms. The summed E-state index contributed by atoms with van der Waals surface area (Å²) >= 11 is 15.0. The molecule has 3 N–H and O–H groups in total. The van der Waals surface area contributed by atoms with Gasteiger partial charge in [0, 0.05) is 139 Å². The van der Waals surface area contributed by atoms with Gasteiger partial charge in [0.25, 0.3) is 17.7 Å². The summed E-state index contributed by atoms with van der Waals surface area (Å²) in [6.07, 6.45) is 5.98. The monoisotopic (exact) mass is 1370 g/mol. The van der Waals surface area contributed by atoms with E-state index >= 15 is 0 Å². The lowest BCUT2D eigenvalue weighted by Gasteiger charge is -2.25. The summed E-state index contributed by atoms with van der Waals surface area (Å²) < 4.78 is 0.829. The maximum Gasteiger partial charge on any atom is 0.257 e. The standard InChI is InChI=1S/C25H23BrN4O2.C25H23ClN4O2.C24H21ClN4O2/c1-2-30-14-13-27-24(30)18-9-7-17(8-10-18)22(31)15-19-5-3-4-6-21(19)25(32)29-23-12-11-20(26)16-28-23;1-30-14-4-13-27-24(30)18-9-7-17(8-10-18)22(31)15-19-5-2-3-6-21(19)25(32)29-23-12-11-20(26)16-28-23;1-29-13-12-26-23(29)17-8-6-16(7-9-17)21(30)14-18-4-2-3-5-20(18)24(31)28-22-11-10-19(25)15-27-22/h3-12,16H,2,13-15H2,1H3,(H,28,29,32);2-3,5-12,16H,4,13-15H2,1H3,(H,28,29,32);2-11,15H,12-14H2,1H3,(H,27,28,31). The first-order valence-electron chi connectivity index (χ1n) is 30.8. The van der Waals surface area contributed by atoms with E-state index in [0.717, 1.165) is 90.9 Å². The molecule has 3 aliphatic heterocycles. The van der Waals surface area contributed by atoms with E-state index in [1.165, 1.54) is 12.4 Å². The Balaban J connectivity index is 0.000000155. The van der Waals surface area contributed by atoms with Crippen molar-refractivity contribution in [1.29, 1.82) is 0 Å². The largest absolute Gasteiger partial charge is 0.359 e. The Morgan fingerprint density at radius 2 is 0.779 bits per heavy atom. The number of aliphatic imine (C=N–C) groups is 3. The zero-order chi connectivity index (χ0) is 66.8. The van der Waals surface area contributed by atoms with Crippen molar-refractivity contribution in [1.82, 2.24) is 29.7 Å². The summed E-state index contributed by atoms with van der Waals surface area (Å²) in [5.74, 6) is 3.02. The average molecular weight is 1370 g/mol. The highest BCUT2D eigenvalue weighted by atomic mass is 79.9. The van der Waals surface area contributed by atoms with Gasteiger partial charge in [0.15, 0.2) is 17.3 Å². The molecule has 0 saturated carbocycles. The van der Waals surface area contributed by atoms with Gasteiger partial charge in [-0.15, -0.1) is 0 Å². The van der Waals surface area contributed by atoms with Gasteiger partial charge in [-0.1, -0.05) is 151 Å². The van der Waals surface area contributed by atoms with Gasteiger partial charge >= 0.3 is 0 Å². The van der Waals surface area contributed by atoms with Gasteiger partial charge in [-0.25, -0.2) is 15.0 Å². The predicted octanol–water partition coefficient (Wildman–Crippen LogP) is 13.2. The van der Waals surface area contributed by atoms with Crippen molar-refractivity contribution in [2.45, 2.75) is 32.6 Å². The van der Waals surface area contributed by atoms with E-state index in [4.69, 9.17) is 23.2 Å². The zero-order valence-corrected chi connectivity index (χ0v) is 55.5. The number of nitrogens with zero attached hydrogens (tertiary/aromatic N) is 9. The topological polar surface area (TPSA) is 224 Å². The molecule has 0 unspecified atom stereocenters. The lowest BCUT2D eigenvalue weighted by atomic mass is 9.97. The number of hydrogen-bond acceptors (Lipinski definition) is 15. The van der Waals surface area contributed by atoms with E-state index in [0.29, 0.717) is 77.6 Å². The Kier molecular flexibility index (Phi) is 23.1. The van der Waals surface area contributed by atoms with Crippen molar-refractivity contribution in [3.63, 3.8) is 0 Å². The normalized spacial score (nSPS) is 13.2. The number of amides is 3. The first kappa shape index (κ1) is 67.5. The summed E-state index contributed by atoms with van der Waals surface area (Å²) in [5, 5.41) is 9.26. The number of pyridine rings is 3. The molecule has 9 aromatic rings. The minimum Gasteiger partial charge on any atom is -0.359 e. The minimum absolute atomic E-state index is 0.0423. The summed E-state index contributed by atoms with van der Waals surface area (Å²) in [4.78, 5) is 110. The number of nitrogens with one attached hydrogen (secondary N) is 3. The van der Waals surface area contributed by atoms with Crippen molar-refractivity contribution >= 4 is 109 Å². The molecular formula is C74H67BrCl2N12O6. The molecule has 0 fully saturated rings. The number of carbonyl (C=O) groups is 6. The average Bonchev–Trinajstić information content (AvgIpc) is 2.20. The highest BCUT2D eigenvalue weighted by molar-refractivity contribution is 9.10. The van der Waals surface area contributed by atoms with Gasteiger partial charge < -0.3 is 30.7 Å². The third-order valence-electron chi connectivity index (χ3n) is 15.8. The highest BCUT2D eigenvalue weighted by Crippen LogP contribution is 2.23. The fourth-order valence-electron chi connectivity index (χ4n) is 10.8. The maximum atomic E-state index is 12.9. The quantitative estimate of drug-likeness (QED) is 0.0643. The molecule has 12 rings (SSSR count). The molecule has 0 bridgehead atoms. The van der Waals surface area contributed by atoms with E-state index < -0.39 is 0 Å². The van der Waals surface area contributed by atoms with Gasteiger partial charge in [0.05, 0.1) is 23.1 Å². The van der Waals surface area contributed by atoms with Crippen molar-refractivity contribution < 1.29 is 28.8 Å². The SMILES string of the molecule is CCN1CCN=C1c1ccc(C(=O)Cc2ccccc2C(=O)Nc2ccc(Br)cn2)cc1.CN1CCCN=C1c1ccc(C(=O)Cc2ccccc2C(=O)Nc2ccc(Cl)cn2)cc1.CN1CCN=C1c1ccc(C(=O)Cc2ccccc2C(=O)Nc2ccc(Cl)cn2)cc1. The smallest absolute Gasteiger partial charge is 0.257 e. The molecule has 3 amide bonds. The second-order valence-electron chi connectivity index (χ2n) is 22.3. The third kappa shape index (κ3) is 18.1. The van der Waals surface area contributed by atoms with Crippen LogP contribution < -0.4 is 16.0 Å². The summed E-state index contributed by atoms with van der Waals surface area (Å²) in [6.45, 7) is 8.25. The van der Waals surface area contributed by atoms with E-state index in [1.54, 1.807) is 91.1 Å². The molecule has 21 heteroatoms. The first-order valence-corrected chi connectivity index (χ1v) is 32.4. The van der Waals surface area contributed by atoms with Crippen LogP contribution in [0.15, 0.2) is 220 Å². The van der Waals surface area contributed by atoms with Crippen LogP contribution in [0.2, 0.25) is 10.0 Å². The molecule has 480 valence electrons. The van der Waals surface area contributed by atoms with Gasteiger partial charge in [-0.2, -0.15) is 0 Å². The fourth-order valence-corrected chi connectivity index (χ4v) is 11.2. The number of rotatable bonds is 19. The molecule has 18 nitrogen and oxygen atoms in total. The Morgan fingerprint density at radius 1 is 0.421 bits per heavy atom. The van der Waals surface area contributed by atoms with Gasteiger partial charge in [0.2, 0.25) is 0 Å². The molecule has 6 heterocycles. The number of ketones is 3. The third-order valence-corrected chi connectivity index (χ3v) is 16.7. The van der Waals surface area contributed by atoms with Crippen LogP contribution in [0.4, 0.5) is 17.5 Å². The predicted molar refractivity (Wildman–Crippen MR) is 378 cm³/mol. The number of benzene rings is 6. The van der Waals surface area contributed by atoms with Crippen molar-refractivity contribution in [2.24, 2.45) is 15.0 Å². The molecule has 6 aromatic carbocycles. The maximum absolute atomic E-state index is 12.9. The van der Waals surface area contributed by atoms with Crippen molar-refractivity contribution in [3.8, 4) is 0 Å². The number of carbonyl (C=O) groups excluding carboxylic acids is 6. The van der Waals surface area contributed by atoms with E-state index in [2.05, 4.69) is 83.4 Å². The second-order valence-corrected chi connectivity index (χ2v) is 24.1. The number of halogens is 3. The van der Waals surface area contributed by atoms with Crippen LogP contribution in [0.3, 0.4) is 0 Å². The van der Waals surface area contributed by atoms with Crippen molar-refractivity contribution in [2.75, 3.05) is 75.9 Å². The van der Waals surface area contributed by atoms with Crippen LogP contribution >= 0.6 is 39.1 Å². The molecule has 0 saturated heterocycles. The number of likely N-dealkylation sites (N-methyl/N-ethyl adjacent to an activating group) is 2. The molecule has 95 heavy (non-hydrogen) atoms. The number of hydrogen-bond donors (Lipinski definition) is 3. The van der Waals surface area contributed by atoms with E-state index in [-0.39, 0.29) is 54.3 Å². The van der Waals surface area contributed by atoms with Crippen LogP contribution in [-0.4, -0.2) is 142 Å². The van der Waals surface area contributed by atoms with Crippen LogP contribution in [0.25, 0.3) is 0 Å². The summed E-state index contributed by atoms with van der Waals surface area (Å²) in [5.41, 5.74) is 8.14. The molecule has 3 aliphatic rings. The Hall–Kier alpha value is -10.3. The van der Waals surface area contributed by atoms with Crippen LogP contribution in [0.5, 0.6) is 0 Å². The summed E-state index contributed by atoms with van der Waals surface area (Å²) in [7, 11) is 4.03. The molecule has 0 aliphatic carbocycles. The van der Waals surface area contributed by atoms with Gasteiger partial charge in [-0.3, -0.25) is 43.7 Å². The fraction of sp³-hybridized carbons (Fsp3) is 0.189. The minimum atomic E-state index is -0.323. The van der Waals surface area contributed by atoms with Gasteiger partial charge in [-0.05, 0) is 101 Å². The lowest BCUT2D eigenvalue weighted by molar-refractivity contribution is 0.0980. The molecule has 0 radical (unpaired) electrons. The second kappa shape index (κ2) is 32.5. The summed E-state index contributed by atoms with van der Waals surface area (Å²) in [6, 6.07) is 53.9. The molecule has 3 aromatic heterocycles. The Labute approximate surface area is 569 Å².